The third-order valence-electron chi connectivity index (χ3n) is 2.34. The largest absolute Gasteiger partial charge is 0.369 e. The quantitative estimate of drug-likeness (QED) is 0.880. The summed E-state index contributed by atoms with van der Waals surface area (Å²) < 4.78 is 4.62. The molecular formula is C12H13ClN4O2. The van der Waals surface area contributed by atoms with E-state index in [9.17, 15) is 4.79 Å². The predicted octanol–water partition coefficient (Wildman–Crippen LogP) is 2.80. The summed E-state index contributed by atoms with van der Waals surface area (Å²) in [5.74, 6) is 0.254. The predicted molar refractivity (Wildman–Crippen MR) is 72.5 cm³/mol. The Balaban J connectivity index is 2.08. The first-order valence-electron chi connectivity index (χ1n) is 5.81. The summed E-state index contributed by atoms with van der Waals surface area (Å²) in [6, 6.07) is 1.56. The molecule has 2 N–H and O–H groups in total. The van der Waals surface area contributed by atoms with Crippen molar-refractivity contribution in [2.24, 2.45) is 0 Å². The molecule has 2 aromatic heterocycles. The molecule has 0 bridgehead atoms. The van der Waals surface area contributed by atoms with Gasteiger partial charge in [-0.1, -0.05) is 23.7 Å². The summed E-state index contributed by atoms with van der Waals surface area (Å²) in [4.78, 5) is 16.0. The molecule has 2 rings (SSSR count). The number of carbonyl (C=O) groups excluding carboxylic acids is 1. The van der Waals surface area contributed by atoms with Crippen molar-refractivity contribution >= 4 is 29.0 Å². The fraction of sp³-hybridized carbons (Fsp3) is 0.250. The summed E-state index contributed by atoms with van der Waals surface area (Å²) in [6.07, 6.45) is 5.18. The van der Waals surface area contributed by atoms with Crippen molar-refractivity contribution in [3.8, 4) is 0 Å². The van der Waals surface area contributed by atoms with Gasteiger partial charge in [-0.2, -0.15) is 0 Å². The van der Waals surface area contributed by atoms with Crippen molar-refractivity contribution in [2.45, 2.75) is 13.3 Å². The van der Waals surface area contributed by atoms with Crippen LogP contribution in [0.5, 0.6) is 0 Å². The molecule has 0 atom stereocenters. The van der Waals surface area contributed by atoms with E-state index in [1.807, 2.05) is 6.92 Å². The van der Waals surface area contributed by atoms with Gasteiger partial charge in [0, 0.05) is 12.7 Å². The van der Waals surface area contributed by atoms with E-state index in [2.05, 4.69) is 25.3 Å². The van der Waals surface area contributed by atoms with Crippen molar-refractivity contribution in [2.75, 3.05) is 17.2 Å². The van der Waals surface area contributed by atoms with Crippen LogP contribution < -0.4 is 10.6 Å². The summed E-state index contributed by atoms with van der Waals surface area (Å²) in [5, 5.41) is 9.59. The van der Waals surface area contributed by atoms with E-state index in [0.717, 1.165) is 13.0 Å². The van der Waals surface area contributed by atoms with E-state index in [-0.39, 0.29) is 5.91 Å². The van der Waals surface area contributed by atoms with Crippen LogP contribution in [0.2, 0.25) is 5.02 Å². The number of hydrogen-bond donors (Lipinski definition) is 2. The number of nitrogens with zero attached hydrogens (tertiary/aromatic N) is 2. The standard InChI is InChI=1S/C12H13ClN4O2/c1-2-3-14-11-10(13)4-8(5-15-11)12(18)17-9-6-16-19-7-9/h4-7H,2-3H2,1H3,(H,14,15)(H,17,18). The van der Waals surface area contributed by atoms with Crippen LogP contribution in [0, 0.1) is 0 Å². The molecule has 19 heavy (non-hydrogen) atoms. The van der Waals surface area contributed by atoms with E-state index in [0.29, 0.717) is 22.1 Å². The number of anilines is 2. The lowest BCUT2D eigenvalue weighted by Gasteiger charge is -2.07. The van der Waals surface area contributed by atoms with Crippen molar-refractivity contribution < 1.29 is 9.32 Å². The van der Waals surface area contributed by atoms with Crippen molar-refractivity contribution in [1.29, 1.82) is 0 Å². The Bertz CT molecular complexity index is 557. The summed E-state index contributed by atoms with van der Waals surface area (Å²) in [5.41, 5.74) is 0.850. The smallest absolute Gasteiger partial charge is 0.257 e. The second-order valence-corrected chi connectivity index (χ2v) is 4.26. The van der Waals surface area contributed by atoms with Gasteiger partial charge in [-0.05, 0) is 12.5 Å². The minimum Gasteiger partial charge on any atom is -0.369 e. The minimum absolute atomic E-state index is 0.320. The molecule has 0 aliphatic carbocycles. The molecule has 0 aliphatic heterocycles. The number of nitrogens with one attached hydrogen (secondary N) is 2. The van der Waals surface area contributed by atoms with E-state index < -0.39 is 0 Å². The van der Waals surface area contributed by atoms with Gasteiger partial charge >= 0.3 is 0 Å². The Morgan fingerprint density at radius 1 is 1.47 bits per heavy atom. The maximum Gasteiger partial charge on any atom is 0.257 e. The molecule has 0 saturated heterocycles. The van der Waals surface area contributed by atoms with Gasteiger partial charge in [0.15, 0.2) is 0 Å². The third kappa shape index (κ3) is 3.45. The monoisotopic (exact) mass is 280 g/mol. The zero-order valence-corrected chi connectivity index (χ0v) is 11.1. The van der Waals surface area contributed by atoms with E-state index in [1.165, 1.54) is 18.7 Å². The molecule has 0 spiro atoms. The lowest BCUT2D eigenvalue weighted by Crippen LogP contribution is -2.12. The van der Waals surface area contributed by atoms with E-state index in [1.54, 1.807) is 6.07 Å². The van der Waals surface area contributed by atoms with Crippen LogP contribution in [0.3, 0.4) is 0 Å². The molecule has 6 nitrogen and oxygen atoms in total. The molecule has 2 heterocycles. The zero-order chi connectivity index (χ0) is 13.7. The molecule has 0 fully saturated rings. The average molecular weight is 281 g/mol. The molecular weight excluding hydrogens is 268 g/mol. The normalized spacial score (nSPS) is 10.2. The first kappa shape index (κ1) is 13.4. The molecule has 7 heteroatoms. The van der Waals surface area contributed by atoms with E-state index in [4.69, 9.17) is 11.6 Å². The van der Waals surface area contributed by atoms with Crippen molar-refractivity contribution in [3.05, 3.63) is 35.3 Å². The van der Waals surface area contributed by atoms with Crippen molar-refractivity contribution in [1.82, 2.24) is 10.1 Å². The molecule has 1 amide bonds. The van der Waals surface area contributed by atoms with Crippen LogP contribution in [0.4, 0.5) is 11.5 Å². The van der Waals surface area contributed by atoms with Crippen LogP contribution in [-0.2, 0) is 0 Å². The number of carbonyl (C=O) groups is 1. The number of hydrogen-bond acceptors (Lipinski definition) is 5. The maximum atomic E-state index is 11.9. The highest BCUT2D eigenvalue weighted by atomic mass is 35.5. The van der Waals surface area contributed by atoms with Gasteiger partial charge in [0.25, 0.3) is 5.91 Å². The average Bonchev–Trinajstić information content (AvgIpc) is 2.90. The van der Waals surface area contributed by atoms with Crippen LogP contribution in [-0.4, -0.2) is 22.6 Å². The van der Waals surface area contributed by atoms with Gasteiger partial charge in [0.05, 0.1) is 16.8 Å². The van der Waals surface area contributed by atoms with Crippen molar-refractivity contribution in [3.63, 3.8) is 0 Å². The van der Waals surface area contributed by atoms with Crippen LogP contribution >= 0.6 is 11.6 Å². The molecule has 0 saturated carbocycles. The Labute approximate surface area is 115 Å². The number of pyridine rings is 1. The first-order chi connectivity index (χ1) is 9.20. The third-order valence-corrected chi connectivity index (χ3v) is 2.62. The topological polar surface area (TPSA) is 80.0 Å². The van der Waals surface area contributed by atoms with Crippen LogP contribution in [0.25, 0.3) is 0 Å². The van der Waals surface area contributed by atoms with Gasteiger partial charge in [-0.3, -0.25) is 4.79 Å². The number of halogens is 1. The summed E-state index contributed by atoms with van der Waals surface area (Å²) >= 11 is 6.06. The van der Waals surface area contributed by atoms with Gasteiger partial charge < -0.3 is 15.2 Å². The summed E-state index contributed by atoms with van der Waals surface area (Å²) in [7, 11) is 0. The van der Waals surface area contributed by atoms with Crippen LogP contribution in [0.1, 0.15) is 23.7 Å². The van der Waals surface area contributed by atoms with Gasteiger partial charge in [-0.15, -0.1) is 0 Å². The Morgan fingerprint density at radius 2 is 2.32 bits per heavy atom. The van der Waals surface area contributed by atoms with Gasteiger partial charge in [0.2, 0.25) is 0 Å². The molecule has 0 aliphatic rings. The number of aromatic nitrogens is 2. The fourth-order valence-corrected chi connectivity index (χ4v) is 1.64. The Kier molecular flexibility index (Phi) is 4.35. The maximum absolute atomic E-state index is 11.9. The fourth-order valence-electron chi connectivity index (χ4n) is 1.41. The Hall–Kier alpha value is -2.08. The summed E-state index contributed by atoms with van der Waals surface area (Å²) in [6.45, 7) is 2.82. The lowest BCUT2D eigenvalue weighted by molar-refractivity contribution is 0.102. The molecule has 100 valence electrons. The minimum atomic E-state index is -0.320. The second kappa shape index (κ2) is 6.19. The van der Waals surface area contributed by atoms with Gasteiger partial charge in [-0.25, -0.2) is 4.98 Å². The molecule has 0 aromatic carbocycles. The Morgan fingerprint density at radius 3 is 2.95 bits per heavy atom. The molecule has 0 radical (unpaired) electrons. The highest BCUT2D eigenvalue weighted by Gasteiger charge is 2.10. The lowest BCUT2D eigenvalue weighted by atomic mass is 10.2. The van der Waals surface area contributed by atoms with E-state index >= 15 is 0 Å². The SMILES string of the molecule is CCCNc1ncc(C(=O)Nc2cnoc2)cc1Cl. The van der Waals surface area contributed by atoms with Gasteiger partial charge in [0.1, 0.15) is 17.8 Å². The number of amides is 1. The molecule has 0 unspecified atom stereocenters. The zero-order valence-electron chi connectivity index (χ0n) is 10.3. The first-order valence-corrected chi connectivity index (χ1v) is 6.18. The highest BCUT2D eigenvalue weighted by Crippen LogP contribution is 2.20. The van der Waals surface area contributed by atoms with Crippen LogP contribution in [0.15, 0.2) is 29.2 Å². The highest BCUT2D eigenvalue weighted by molar-refractivity contribution is 6.33. The second-order valence-electron chi connectivity index (χ2n) is 3.85. The number of rotatable bonds is 5. The molecule has 2 aromatic rings.